The van der Waals surface area contributed by atoms with Gasteiger partial charge in [0.25, 0.3) is 5.91 Å². The van der Waals surface area contributed by atoms with Crippen molar-refractivity contribution in [1.82, 2.24) is 14.9 Å². The molecule has 1 aromatic heterocycles. The van der Waals surface area contributed by atoms with Crippen LogP contribution in [-0.4, -0.2) is 21.5 Å². The van der Waals surface area contributed by atoms with Crippen molar-refractivity contribution < 1.29 is 18.0 Å². The Morgan fingerprint density at radius 3 is 2.59 bits per heavy atom. The van der Waals surface area contributed by atoms with Crippen LogP contribution in [0.1, 0.15) is 47.4 Å². The molecule has 1 fully saturated rings. The SMILES string of the molecule is Cc1nccn1C[C@H]1CC[C@H](NC(=O)c2cc(C(F)(F)F)ccc2Cl)CC1. The van der Waals surface area contributed by atoms with Crippen LogP contribution >= 0.6 is 11.6 Å². The van der Waals surface area contributed by atoms with Crippen LogP contribution in [-0.2, 0) is 12.7 Å². The minimum atomic E-state index is -4.51. The predicted molar refractivity (Wildman–Crippen MR) is 96.6 cm³/mol. The van der Waals surface area contributed by atoms with Gasteiger partial charge in [-0.05, 0) is 56.7 Å². The van der Waals surface area contributed by atoms with E-state index in [1.165, 1.54) is 0 Å². The van der Waals surface area contributed by atoms with E-state index in [9.17, 15) is 18.0 Å². The highest BCUT2D eigenvalue weighted by Crippen LogP contribution is 2.32. The molecular weight excluding hydrogens is 379 g/mol. The van der Waals surface area contributed by atoms with Crippen LogP contribution < -0.4 is 5.32 Å². The Labute approximate surface area is 160 Å². The number of imidazole rings is 1. The summed E-state index contributed by atoms with van der Waals surface area (Å²) in [5.74, 6) is 0.924. The number of nitrogens with one attached hydrogen (secondary N) is 1. The van der Waals surface area contributed by atoms with Crippen molar-refractivity contribution in [3.8, 4) is 0 Å². The van der Waals surface area contributed by atoms with Crippen molar-refractivity contribution in [3.05, 3.63) is 52.6 Å². The van der Waals surface area contributed by atoms with Gasteiger partial charge in [0.15, 0.2) is 0 Å². The number of hydrogen-bond donors (Lipinski definition) is 1. The van der Waals surface area contributed by atoms with Crippen molar-refractivity contribution in [2.24, 2.45) is 5.92 Å². The molecular formula is C19H21ClF3N3O. The van der Waals surface area contributed by atoms with Crippen molar-refractivity contribution in [2.75, 3.05) is 0 Å². The third-order valence-corrected chi connectivity index (χ3v) is 5.43. The molecule has 146 valence electrons. The van der Waals surface area contributed by atoms with Crippen LogP contribution in [0, 0.1) is 12.8 Å². The number of aromatic nitrogens is 2. The Kier molecular flexibility index (Phi) is 5.79. The number of carbonyl (C=O) groups is 1. The molecule has 8 heteroatoms. The fraction of sp³-hybridized carbons (Fsp3) is 0.474. The molecule has 0 unspecified atom stereocenters. The first kappa shape index (κ1) is 19.7. The van der Waals surface area contributed by atoms with E-state index < -0.39 is 17.6 Å². The maximum Gasteiger partial charge on any atom is 0.416 e. The Morgan fingerprint density at radius 2 is 2.00 bits per heavy atom. The standard InChI is InChI=1S/C19H21ClF3N3O/c1-12-24-8-9-26(12)11-13-2-5-15(6-3-13)25-18(27)16-10-14(19(21,22)23)4-7-17(16)20/h4,7-10,13,15H,2-3,5-6,11H2,1H3,(H,25,27)/t13-,15-. The lowest BCUT2D eigenvalue weighted by molar-refractivity contribution is -0.137. The highest BCUT2D eigenvalue weighted by molar-refractivity contribution is 6.33. The number of aryl methyl sites for hydroxylation is 1. The average Bonchev–Trinajstić information content (AvgIpc) is 3.00. The fourth-order valence-electron chi connectivity index (χ4n) is 3.50. The molecule has 4 nitrogen and oxygen atoms in total. The first-order valence-electron chi connectivity index (χ1n) is 8.89. The highest BCUT2D eigenvalue weighted by atomic mass is 35.5. The third kappa shape index (κ3) is 4.83. The second kappa shape index (κ2) is 7.92. The largest absolute Gasteiger partial charge is 0.416 e. The topological polar surface area (TPSA) is 46.9 Å². The van der Waals surface area contributed by atoms with E-state index in [-0.39, 0.29) is 16.6 Å². The summed E-state index contributed by atoms with van der Waals surface area (Å²) in [6, 6.07) is 2.75. The van der Waals surface area contributed by atoms with Gasteiger partial charge in [-0.2, -0.15) is 13.2 Å². The lowest BCUT2D eigenvalue weighted by Gasteiger charge is -2.29. The summed E-state index contributed by atoms with van der Waals surface area (Å²) in [6.07, 6.45) is 2.70. The summed E-state index contributed by atoms with van der Waals surface area (Å²) in [4.78, 5) is 16.6. The molecule has 3 rings (SSSR count). The van der Waals surface area contributed by atoms with Gasteiger partial charge < -0.3 is 9.88 Å². The number of rotatable bonds is 4. The van der Waals surface area contributed by atoms with E-state index in [2.05, 4.69) is 14.9 Å². The molecule has 1 aromatic carbocycles. The molecule has 0 saturated heterocycles. The Balaban J connectivity index is 1.57. The van der Waals surface area contributed by atoms with Gasteiger partial charge >= 0.3 is 6.18 Å². The molecule has 1 aliphatic carbocycles. The zero-order valence-electron chi connectivity index (χ0n) is 14.9. The molecule has 1 amide bonds. The third-order valence-electron chi connectivity index (χ3n) is 5.10. The lowest BCUT2D eigenvalue weighted by Crippen LogP contribution is -2.38. The molecule has 1 saturated carbocycles. The zero-order chi connectivity index (χ0) is 19.6. The average molecular weight is 400 g/mol. The van der Waals surface area contributed by atoms with Crippen LogP contribution in [0.2, 0.25) is 5.02 Å². The maximum atomic E-state index is 12.9. The summed E-state index contributed by atoms with van der Waals surface area (Å²) in [6.45, 7) is 2.86. The Hall–Kier alpha value is -2.02. The summed E-state index contributed by atoms with van der Waals surface area (Å²) >= 11 is 5.94. The van der Waals surface area contributed by atoms with Gasteiger partial charge in [-0.25, -0.2) is 4.98 Å². The second-order valence-corrected chi connectivity index (χ2v) is 7.42. The van der Waals surface area contributed by atoms with Gasteiger partial charge in [-0.15, -0.1) is 0 Å². The van der Waals surface area contributed by atoms with Crippen LogP contribution in [0.5, 0.6) is 0 Å². The van der Waals surface area contributed by atoms with E-state index in [1.54, 1.807) is 6.20 Å². The molecule has 27 heavy (non-hydrogen) atoms. The zero-order valence-corrected chi connectivity index (χ0v) is 15.6. The van der Waals surface area contributed by atoms with Crippen molar-refractivity contribution in [3.63, 3.8) is 0 Å². The van der Waals surface area contributed by atoms with Crippen LogP contribution in [0.15, 0.2) is 30.6 Å². The quantitative estimate of drug-likeness (QED) is 0.798. The summed E-state index contributed by atoms with van der Waals surface area (Å²) in [5, 5.41) is 2.85. The minimum Gasteiger partial charge on any atom is -0.349 e. The van der Waals surface area contributed by atoms with Gasteiger partial charge in [-0.3, -0.25) is 4.79 Å². The monoisotopic (exact) mass is 399 g/mol. The Bertz CT molecular complexity index is 811. The van der Waals surface area contributed by atoms with Gasteiger partial charge in [0.05, 0.1) is 16.1 Å². The summed E-state index contributed by atoms with van der Waals surface area (Å²) in [7, 11) is 0. The maximum absolute atomic E-state index is 12.9. The van der Waals surface area contributed by atoms with Gasteiger partial charge in [0, 0.05) is 25.0 Å². The second-order valence-electron chi connectivity index (χ2n) is 7.01. The van der Waals surface area contributed by atoms with E-state index in [1.807, 2.05) is 13.1 Å². The number of carbonyl (C=O) groups excluding carboxylic acids is 1. The van der Waals surface area contributed by atoms with Gasteiger partial charge in [-0.1, -0.05) is 11.6 Å². The molecule has 1 N–H and O–H groups in total. The number of nitrogens with zero attached hydrogens (tertiary/aromatic N) is 2. The molecule has 1 heterocycles. The fourth-order valence-corrected chi connectivity index (χ4v) is 3.71. The van der Waals surface area contributed by atoms with E-state index in [0.29, 0.717) is 5.92 Å². The van der Waals surface area contributed by atoms with Crippen molar-refractivity contribution in [1.29, 1.82) is 0 Å². The molecule has 0 bridgehead atoms. The molecule has 0 spiro atoms. The predicted octanol–water partition coefficient (Wildman–Crippen LogP) is 4.85. The number of alkyl halides is 3. The summed E-state index contributed by atoms with van der Waals surface area (Å²) in [5.41, 5.74) is -1.01. The van der Waals surface area contributed by atoms with Crippen LogP contribution in [0.25, 0.3) is 0 Å². The van der Waals surface area contributed by atoms with Crippen molar-refractivity contribution in [2.45, 2.75) is 51.4 Å². The minimum absolute atomic E-state index is 0.0183. The number of amides is 1. The van der Waals surface area contributed by atoms with E-state index >= 15 is 0 Å². The first-order chi connectivity index (χ1) is 12.7. The van der Waals surface area contributed by atoms with Crippen molar-refractivity contribution >= 4 is 17.5 Å². The van der Waals surface area contributed by atoms with Gasteiger partial charge in [0.1, 0.15) is 5.82 Å². The van der Waals surface area contributed by atoms with Gasteiger partial charge in [0.2, 0.25) is 0 Å². The number of benzene rings is 1. The lowest BCUT2D eigenvalue weighted by atomic mass is 9.85. The van der Waals surface area contributed by atoms with Crippen LogP contribution in [0.4, 0.5) is 13.2 Å². The number of hydrogen-bond acceptors (Lipinski definition) is 2. The molecule has 0 aliphatic heterocycles. The molecule has 2 aromatic rings. The molecule has 0 radical (unpaired) electrons. The van der Waals surface area contributed by atoms with E-state index in [4.69, 9.17) is 11.6 Å². The normalized spacial score (nSPS) is 20.5. The molecule has 1 aliphatic rings. The smallest absolute Gasteiger partial charge is 0.349 e. The Morgan fingerprint density at radius 1 is 1.30 bits per heavy atom. The highest BCUT2D eigenvalue weighted by Gasteiger charge is 2.32. The van der Waals surface area contributed by atoms with Crippen LogP contribution in [0.3, 0.4) is 0 Å². The van der Waals surface area contributed by atoms with E-state index in [0.717, 1.165) is 56.3 Å². The first-order valence-corrected chi connectivity index (χ1v) is 9.27. The summed E-state index contributed by atoms with van der Waals surface area (Å²) < 4.78 is 40.7. The number of halogens is 4. The molecule has 0 atom stereocenters.